The second-order valence-electron chi connectivity index (χ2n) is 10.5. The van der Waals surface area contributed by atoms with Crippen LogP contribution >= 0.6 is 0 Å². The normalized spacial score (nSPS) is 23.1. The molecule has 37 heavy (non-hydrogen) atoms. The molecule has 4 aliphatic rings. The van der Waals surface area contributed by atoms with Crippen LogP contribution in [0.5, 0.6) is 0 Å². The van der Waals surface area contributed by atoms with Gasteiger partial charge in [0.25, 0.3) is 5.91 Å². The number of carbonyl (C=O) groups excluding carboxylic acids is 3. The maximum Gasteiger partial charge on any atom is 0.322 e. The van der Waals surface area contributed by atoms with Crippen molar-refractivity contribution in [2.75, 3.05) is 29.9 Å². The van der Waals surface area contributed by atoms with E-state index in [2.05, 4.69) is 20.6 Å². The number of rotatable bonds is 4. The number of amides is 4. The zero-order chi connectivity index (χ0) is 26.1. The maximum absolute atomic E-state index is 13.9. The van der Waals surface area contributed by atoms with Gasteiger partial charge in [-0.1, -0.05) is 18.2 Å². The third-order valence-corrected chi connectivity index (χ3v) is 7.71. The van der Waals surface area contributed by atoms with Crippen molar-refractivity contribution in [2.24, 2.45) is 16.8 Å². The van der Waals surface area contributed by atoms with Crippen LogP contribution in [-0.4, -0.2) is 59.2 Å². The van der Waals surface area contributed by atoms with Crippen molar-refractivity contribution in [1.29, 1.82) is 0 Å². The first-order valence-electron chi connectivity index (χ1n) is 13.0. The maximum atomic E-state index is 13.9. The molecule has 9 heteroatoms. The number of benzodiazepines with no additional fused rings is 1. The number of nitrogens with zero attached hydrogens (tertiary/aromatic N) is 4. The van der Waals surface area contributed by atoms with Gasteiger partial charge in [0.1, 0.15) is 12.4 Å². The minimum atomic E-state index is -1.18. The van der Waals surface area contributed by atoms with Crippen molar-refractivity contribution in [1.82, 2.24) is 15.2 Å². The van der Waals surface area contributed by atoms with E-state index in [0.29, 0.717) is 29.1 Å². The molecule has 2 saturated heterocycles. The molecule has 1 aliphatic carbocycles. The third-order valence-electron chi connectivity index (χ3n) is 7.71. The van der Waals surface area contributed by atoms with Crippen LogP contribution in [0.2, 0.25) is 0 Å². The van der Waals surface area contributed by atoms with E-state index in [1.807, 2.05) is 49.9 Å². The molecule has 0 radical (unpaired) electrons. The van der Waals surface area contributed by atoms with Gasteiger partial charge in [-0.05, 0) is 81.5 Å². The van der Waals surface area contributed by atoms with Crippen molar-refractivity contribution in [3.05, 3.63) is 53.2 Å². The Bertz CT molecular complexity index is 1240. The zero-order valence-electron chi connectivity index (χ0n) is 21.7. The number of aryl methyl sites for hydroxylation is 2. The Morgan fingerprint density at radius 1 is 1.03 bits per heavy atom. The van der Waals surface area contributed by atoms with Crippen LogP contribution in [-0.2, 0) is 9.59 Å². The van der Waals surface area contributed by atoms with Crippen molar-refractivity contribution in [3.8, 4) is 0 Å². The van der Waals surface area contributed by atoms with E-state index < -0.39 is 18.1 Å². The van der Waals surface area contributed by atoms with Crippen molar-refractivity contribution < 1.29 is 14.4 Å². The molecule has 194 valence electrons. The molecule has 4 heterocycles. The zero-order valence-corrected chi connectivity index (χ0v) is 21.7. The number of nitrogens with one attached hydrogen (secondary N) is 2. The minimum absolute atomic E-state index is 0.0620. The standard InChI is InChI=1S/C28H34N6O3/c1-17-11-12-29-23(13-17)31-28(37)32-26-27(36)34(25-18(2)5-4-6-22(25)19(3)30-26)16-24(35)33-14-20-7-8-21(15-33)10-9-20/h4-6,11-13,20-21,26H,7-10,14-16H2,1-3H3,(H2,29,31,32,37). The molecule has 1 aromatic carbocycles. The largest absolute Gasteiger partial charge is 0.341 e. The van der Waals surface area contributed by atoms with Crippen molar-refractivity contribution in [3.63, 3.8) is 0 Å². The van der Waals surface area contributed by atoms with Crippen molar-refractivity contribution >= 4 is 35.1 Å². The van der Waals surface area contributed by atoms with Crippen LogP contribution in [0.4, 0.5) is 16.3 Å². The Morgan fingerprint density at radius 2 is 1.73 bits per heavy atom. The summed E-state index contributed by atoms with van der Waals surface area (Å²) >= 11 is 0. The van der Waals surface area contributed by atoms with E-state index in [1.165, 1.54) is 30.6 Å². The number of hydrogen-bond donors (Lipinski definition) is 2. The third kappa shape index (κ3) is 5.35. The quantitative estimate of drug-likeness (QED) is 0.665. The van der Waals surface area contributed by atoms with E-state index in [9.17, 15) is 14.4 Å². The number of aromatic nitrogens is 1. The number of hydrogen-bond acceptors (Lipinski definition) is 5. The van der Waals surface area contributed by atoms with E-state index in [4.69, 9.17) is 0 Å². The Kier molecular flexibility index (Phi) is 6.95. The topological polar surface area (TPSA) is 107 Å². The predicted molar refractivity (Wildman–Crippen MR) is 143 cm³/mol. The first-order valence-corrected chi connectivity index (χ1v) is 13.0. The minimum Gasteiger partial charge on any atom is -0.341 e. The first-order chi connectivity index (χ1) is 17.8. The lowest BCUT2D eigenvalue weighted by Crippen LogP contribution is -2.52. The van der Waals surface area contributed by atoms with Gasteiger partial charge in [-0.3, -0.25) is 24.8 Å². The van der Waals surface area contributed by atoms with Crippen LogP contribution in [0.25, 0.3) is 0 Å². The SMILES string of the molecule is CC1=NC(NC(=O)Nc2cc(C)ccn2)C(=O)N(CC(=O)N2CC3CCC(CC3)C2)c2c(C)cccc21. The predicted octanol–water partition coefficient (Wildman–Crippen LogP) is 3.65. The van der Waals surface area contributed by atoms with Gasteiger partial charge < -0.3 is 10.2 Å². The summed E-state index contributed by atoms with van der Waals surface area (Å²) < 4.78 is 0. The Hall–Kier alpha value is -3.75. The summed E-state index contributed by atoms with van der Waals surface area (Å²) in [6.07, 6.45) is 5.11. The number of aliphatic imine (C=N–C) groups is 1. The molecule has 1 atom stereocenters. The van der Waals surface area contributed by atoms with Gasteiger partial charge in [0.05, 0.1) is 5.69 Å². The molecule has 2 bridgehead atoms. The van der Waals surface area contributed by atoms with E-state index >= 15 is 0 Å². The fourth-order valence-electron chi connectivity index (χ4n) is 5.75. The average molecular weight is 503 g/mol. The van der Waals surface area contributed by atoms with Gasteiger partial charge >= 0.3 is 6.03 Å². The smallest absolute Gasteiger partial charge is 0.322 e. The molecule has 4 amide bonds. The van der Waals surface area contributed by atoms with Crippen LogP contribution in [0, 0.1) is 25.7 Å². The summed E-state index contributed by atoms with van der Waals surface area (Å²) in [5.41, 5.74) is 3.89. The molecule has 6 rings (SSSR count). The molecule has 1 saturated carbocycles. The Labute approximate surface area is 217 Å². The second kappa shape index (κ2) is 10.3. The number of pyridine rings is 1. The highest BCUT2D eigenvalue weighted by Gasteiger charge is 2.37. The molecule has 1 unspecified atom stereocenters. The second-order valence-corrected chi connectivity index (χ2v) is 10.5. The summed E-state index contributed by atoms with van der Waals surface area (Å²) in [6.45, 7) is 7.06. The summed E-state index contributed by atoms with van der Waals surface area (Å²) in [5, 5.41) is 5.36. The van der Waals surface area contributed by atoms with Crippen LogP contribution in [0.1, 0.15) is 49.3 Å². The molecule has 0 spiro atoms. The molecule has 3 fully saturated rings. The van der Waals surface area contributed by atoms with E-state index in [-0.39, 0.29) is 12.5 Å². The summed E-state index contributed by atoms with van der Waals surface area (Å²) in [5.74, 6) is 0.950. The van der Waals surface area contributed by atoms with Gasteiger partial charge in [-0.2, -0.15) is 0 Å². The number of para-hydroxylation sites is 1. The van der Waals surface area contributed by atoms with Crippen LogP contribution in [0.15, 0.2) is 41.5 Å². The van der Waals surface area contributed by atoms with E-state index in [1.54, 1.807) is 12.3 Å². The lowest BCUT2D eigenvalue weighted by Gasteiger charge is -2.30. The van der Waals surface area contributed by atoms with Gasteiger partial charge in [-0.15, -0.1) is 0 Å². The van der Waals surface area contributed by atoms with E-state index in [0.717, 1.165) is 29.8 Å². The highest BCUT2D eigenvalue weighted by molar-refractivity contribution is 6.14. The molecule has 2 aromatic rings. The lowest BCUT2D eigenvalue weighted by atomic mass is 9.84. The lowest BCUT2D eigenvalue weighted by molar-refractivity contribution is -0.132. The fourth-order valence-corrected chi connectivity index (χ4v) is 5.75. The number of anilines is 2. The summed E-state index contributed by atoms with van der Waals surface area (Å²) in [4.78, 5) is 52.4. The molecule has 2 N–H and O–H groups in total. The molecule has 3 aliphatic heterocycles. The summed E-state index contributed by atoms with van der Waals surface area (Å²) in [7, 11) is 0. The van der Waals surface area contributed by atoms with Crippen LogP contribution < -0.4 is 15.5 Å². The molecular formula is C28H34N6O3. The highest BCUT2D eigenvalue weighted by atomic mass is 16.2. The number of urea groups is 1. The van der Waals surface area contributed by atoms with Gasteiger partial charge in [0.15, 0.2) is 0 Å². The van der Waals surface area contributed by atoms with Gasteiger partial charge in [0.2, 0.25) is 12.1 Å². The van der Waals surface area contributed by atoms with Crippen LogP contribution in [0.3, 0.4) is 0 Å². The molecule has 9 nitrogen and oxygen atoms in total. The fraction of sp³-hybridized carbons (Fsp3) is 0.464. The molecule has 1 aromatic heterocycles. The Morgan fingerprint density at radius 3 is 2.41 bits per heavy atom. The van der Waals surface area contributed by atoms with Gasteiger partial charge in [-0.25, -0.2) is 9.78 Å². The molecular weight excluding hydrogens is 468 g/mol. The van der Waals surface area contributed by atoms with Gasteiger partial charge in [0, 0.05) is 30.6 Å². The highest BCUT2D eigenvalue weighted by Crippen LogP contribution is 2.34. The van der Waals surface area contributed by atoms with Crippen molar-refractivity contribution in [2.45, 2.75) is 52.6 Å². The Balaban J connectivity index is 1.40. The number of fused-ring (bicyclic) bond motifs is 5. The number of benzene rings is 1. The summed E-state index contributed by atoms with van der Waals surface area (Å²) in [6, 6.07) is 8.71. The average Bonchev–Trinajstić information content (AvgIpc) is 3.24. The first kappa shape index (κ1) is 24.9. The monoisotopic (exact) mass is 502 g/mol. The number of carbonyl (C=O) groups is 3.